The van der Waals surface area contributed by atoms with Gasteiger partial charge in [0.05, 0.1) is 10.6 Å². The van der Waals surface area contributed by atoms with Crippen molar-refractivity contribution >= 4 is 33.4 Å². The van der Waals surface area contributed by atoms with Crippen LogP contribution in [0.5, 0.6) is 0 Å². The van der Waals surface area contributed by atoms with Crippen molar-refractivity contribution in [2.45, 2.75) is 12.8 Å². The van der Waals surface area contributed by atoms with Crippen LogP contribution in [0.2, 0.25) is 5.02 Å². The lowest BCUT2D eigenvalue weighted by molar-refractivity contribution is 0.0937. The number of nitrogens with one attached hydrogen (secondary N) is 1. The molecule has 104 valence electrons. The Kier molecular flexibility index (Phi) is 5.25. The standard InChI is InChI=1S/C14H18BrClN2O/c1-18-6-2-3-10(9-18)8-17-14(19)12-7-11(15)4-5-13(12)16/h4-5,7,10H,2-3,6,8-9H2,1H3,(H,17,19). The first kappa shape index (κ1) is 14.8. The minimum atomic E-state index is -0.0977. The van der Waals surface area contributed by atoms with Crippen LogP contribution in [-0.2, 0) is 0 Å². The zero-order valence-corrected chi connectivity index (χ0v) is 13.3. The van der Waals surface area contributed by atoms with Gasteiger partial charge in [-0.25, -0.2) is 0 Å². The number of benzene rings is 1. The summed E-state index contributed by atoms with van der Waals surface area (Å²) >= 11 is 9.40. The maximum absolute atomic E-state index is 12.1. The number of halogens is 2. The van der Waals surface area contributed by atoms with Gasteiger partial charge in [-0.15, -0.1) is 0 Å². The van der Waals surface area contributed by atoms with Crippen LogP contribution in [-0.4, -0.2) is 37.5 Å². The van der Waals surface area contributed by atoms with Gasteiger partial charge < -0.3 is 10.2 Å². The lowest BCUT2D eigenvalue weighted by Crippen LogP contribution is -2.39. The molecule has 1 aliphatic heterocycles. The first-order valence-electron chi connectivity index (χ1n) is 6.48. The summed E-state index contributed by atoms with van der Waals surface area (Å²) in [5.41, 5.74) is 0.528. The average molecular weight is 346 g/mol. The molecule has 1 heterocycles. The molecule has 1 saturated heterocycles. The largest absolute Gasteiger partial charge is 0.352 e. The van der Waals surface area contributed by atoms with Crippen LogP contribution in [0.4, 0.5) is 0 Å². The van der Waals surface area contributed by atoms with Crippen LogP contribution in [0.1, 0.15) is 23.2 Å². The van der Waals surface area contributed by atoms with Crippen molar-refractivity contribution < 1.29 is 4.79 Å². The van der Waals surface area contributed by atoms with Crippen molar-refractivity contribution in [1.82, 2.24) is 10.2 Å². The van der Waals surface area contributed by atoms with Gasteiger partial charge in [0.2, 0.25) is 0 Å². The van der Waals surface area contributed by atoms with E-state index in [0.717, 1.165) is 17.6 Å². The molecule has 0 aromatic heterocycles. The number of piperidine rings is 1. The van der Waals surface area contributed by atoms with Gasteiger partial charge in [0, 0.05) is 17.6 Å². The molecule has 0 bridgehead atoms. The quantitative estimate of drug-likeness (QED) is 0.912. The Labute approximate surface area is 127 Å². The molecule has 1 amide bonds. The van der Waals surface area contributed by atoms with Crippen LogP contribution in [0.25, 0.3) is 0 Å². The van der Waals surface area contributed by atoms with Crippen molar-refractivity contribution in [2.75, 3.05) is 26.7 Å². The van der Waals surface area contributed by atoms with Crippen molar-refractivity contribution in [1.29, 1.82) is 0 Å². The molecule has 5 heteroatoms. The zero-order valence-electron chi connectivity index (χ0n) is 11.0. The number of likely N-dealkylation sites (tertiary alicyclic amines) is 1. The van der Waals surface area contributed by atoms with Crippen molar-refractivity contribution in [3.63, 3.8) is 0 Å². The molecule has 0 aliphatic carbocycles. The third kappa shape index (κ3) is 4.20. The highest BCUT2D eigenvalue weighted by atomic mass is 79.9. The maximum Gasteiger partial charge on any atom is 0.252 e. The van der Waals surface area contributed by atoms with Gasteiger partial charge in [0.15, 0.2) is 0 Å². The number of carbonyl (C=O) groups is 1. The molecule has 1 fully saturated rings. The van der Waals surface area contributed by atoms with E-state index < -0.39 is 0 Å². The maximum atomic E-state index is 12.1. The van der Waals surface area contributed by atoms with Gasteiger partial charge in [0.1, 0.15) is 0 Å². The van der Waals surface area contributed by atoms with Crippen LogP contribution >= 0.6 is 27.5 Å². The molecular formula is C14H18BrClN2O. The molecule has 3 nitrogen and oxygen atoms in total. The number of amides is 1. The minimum absolute atomic E-state index is 0.0977. The summed E-state index contributed by atoms with van der Waals surface area (Å²) in [6.45, 7) is 2.92. The number of nitrogens with zero attached hydrogens (tertiary/aromatic N) is 1. The Morgan fingerprint density at radius 2 is 2.37 bits per heavy atom. The Hall–Kier alpha value is -0.580. The van der Waals surface area contributed by atoms with E-state index in [1.165, 1.54) is 12.8 Å². The summed E-state index contributed by atoms with van der Waals surface area (Å²) in [4.78, 5) is 14.4. The molecule has 1 N–H and O–H groups in total. The first-order valence-corrected chi connectivity index (χ1v) is 7.65. The van der Waals surface area contributed by atoms with Gasteiger partial charge in [0.25, 0.3) is 5.91 Å². The van der Waals surface area contributed by atoms with Gasteiger partial charge in [-0.05, 0) is 50.6 Å². The number of hydrogen-bond donors (Lipinski definition) is 1. The van der Waals surface area contributed by atoms with Gasteiger partial charge >= 0.3 is 0 Å². The van der Waals surface area contributed by atoms with E-state index in [4.69, 9.17) is 11.6 Å². The monoisotopic (exact) mass is 344 g/mol. The van der Waals surface area contributed by atoms with Crippen molar-refractivity contribution in [3.8, 4) is 0 Å². The fourth-order valence-corrected chi connectivity index (χ4v) is 3.01. The molecule has 1 atom stereocenters. The van der Waals surface area contributed by atoms with Crippen LogP contribution in [0.3, 0.4) is 0 Å². The topological polar surface area (TPSA) is 32.3 Å². The summed E-state index contributed by atoms with van der Waals surface area (Å²) < 4.78 is 0.861. The van der Waals surface area contributed by atoms with Gasteiger partial charge in [-0.1, -0.05) is 27.5 Å². The second-order valence-electron chi connectivity index (χ2n) is 5.10. The Morgan fingerprint density at radius 3 is 3.11 bits per heavy atom. The summed E-state index contributed by atoms with van der Waals surface area (Å²) in [6, 6.07) is 5.31. The lowest BCUT2D eigenvalue weighted by Gasteiger charge is -2.29. The predicted molar refractivity (Wildman–Crippen MR) is 81.7 cm³/mol. The Balaban J connectivity index is 1.92. The fourth-order valence-electron chi connectivity index (χ4n) is 2.44. The van der Waals surface area contributed by atoms with E-state index in [1.807, 2.05) is 6.07 Å². The Bertz CT molecular complexity index is 467. The third-order valence-corrected chi connectivity index (χ3v) is 4.27. The number of carbonyl (C=O) groups excluding carboxylic acids is 1. The van der Waals surface area contributed by atoms with Gasteiger partial charge in [-0.2, -0.15) is 0 Å². The minimum Gasteiger partial charge on any atom is -0.352 e. The highest BCUT2D eigenvalue weighted by Crippen LogP contribution is 2.21. The van der Waals surface area contributed by atoms with E-state index in [2.05, 4.69) is 33.2 Å². The zero-order chi connectivity index (χ0) is 13.8. The molecule has 1 aromatic carbocycles. The SMILES string of the molecule is CN1CCCC(CNC(=O)c2cc(Br)ccc2Cl)C1. The van der Waals surface area contributed by atoms with Crippen molar-refractivity contribution in [3.05, 3.63) is 33.3 Å². The van der Waals surface area contributed by atoms with E-state index in [0.29, 0.717) is 23.0 Å². The molecule has 19 heavy (non-hydrogen) atoms. The van der Waals surface area contributed by atoms with E-state index in [-0.39, 0.29) is 5.91 Å². The van der Waals surface area contributed by atoms with E-state index in [9.17, 15) is 4.79 Å². The van der Waals surface area contributed by atoms with E-state index in [1.54, 1.807) is 12.1 Å². The fraction of sp³-hybridized carbons (Fsp3) is 0.500. The summed E-state index contributed by atoms with van der Waals surface area (Å²) in [5.74, 6) is 0.438. The summed E-state index contributed by atoms with van der Waals surface area (Å²) in [5, 5.41) is 3.47. The molecular weight excluding hydrogens is 328 g/mol. The molecule has 1 aliphatic rings. The number of hydrogen-bond acceptors (Lipinski definition) is 2. The molecule has 1 aromatic rings. The van der Waals surface area contributed by atoms with Crippen LogP contribution < -0.4 is 5.32 Å². The molecule has 0 saturated carbocycles. The van der Waals surface area contributed by atoms with Crippen LogP contribution in [0.15, 0.2) is 22.7 Å². The predicted octanol–water partition coefficient (Wildman–Crippen LogP) is 3.17. The molecule has 1 unspecified atom stereocenters. The Morgan fingerprint density at radius 1 is 1.58 bits per heavy atom. The normalized spacial score (nSPS) is 20.3. The van der Waals surface area contributed by atoms with E-state index >= 15 is 0 Å². The average Bonchev–Trinajstić information content (AvgIpc) is 2.39. The first-order chi connectivity index (χ1) is 9.06. The smallest absolute Gasteiger partial charge is 0.252 e. The van der Waals surface area contributed by atoms with Crippen LogP contribution in [0, 0.1) is 5.92 Å². The molecule has 0 radical (unpaired) electrons. The van der Waals surface area contributed by atoms with Crippen molar-refractivity contribution in [2.24, 2.45) is 5.92 Å². The molecule has 0 spiro atoms. The highest BCUT2D eigenvalue weighted by Gasteiger charge is 2.18. The highest BCUT2D eigenvalue weighted by molar-refractivity contribution is 9.10. The molecule has 2 rings (SSSR count). The number of rotatable bonds is 3. The lowest BCUT2D eigenvalue weighted by atomic mass is 9.98. The second-order valence-corrected chi connectivity index (χ2v) is 6.43. The third-order valence-electron chi connectivity index (χ3n) is 3.45. The second kappa shape index (κ2) is 6.73. The van der Waals surface area contributed by atoms with Gasteiger partial charge in [-0.3, -0.25) is 4.79 Å². The summed E-state index contributed by atoms with van der Waals surface area (Å²) in [6.07, 6.45) is 2.38. The summed E-state index contributed by atoms with van der Waals surface area (Å²) in [7, 11) is 2.12.